The van der Waals surface area contributed by atoms with Gasteiger partial charge in [-0.2, -0.15) is 0 Å². The van der Waals surface area contributed by atoms with Crippen LogP contribution in [-0.4, -0.2) is 65.0 Å². The maximum atomic E-state index is 13.9. The highest BCUT2D eigenvalue weighted by Gasteiger charge is 2.68. The largest absolute Gasteiger partial charge is 0.480 e. The fraction of sp³-hybridized carbons (Fsp3) is 0.630. The summed E-state index contributed by atoms with van der Waals surface area (Å²) in [6.45, 7) is 2.21. The van der Waals surface area contributed by atoms with Crippen molar-refractivity contribution < 1.29 is 24.3 Å². The molecule has 1 aromatic carbocycles. The highest BCUT2D eigenvalue weighted by Crippen LogP contribution is 2.51. The van der Waals surface area contributed by atoms with Gasteiger partial charge < -0.3 is 21.1 Å². The number of nitrogens with one attached hydrogen (secondary N) is 2. The molecule has 5 rings (SSSR count). The van der Waals surface area contributed by atoms with Crippen LogP contribution < -0.4 is 21.3 Å². The molecule has 0 bridgehead atoms. The number of rotatable bonds is 8. The number of benzene rings is 1. The monoisotopic (exact) mass is 511 g/mol. The number of carboxylic acid groups (broad SMARTS) is 1. The molecular formula is C27H37N5O5. The number of urea groups is 1. The summed E-state index contributed by atoms with van der Waals surface area (Å²) in [5, 5.41) is 16.3. The Bertz CT molecular complexity index is 1050. The smallest absolute Gasteiger partial charge is 0.324 e. The van der Waals surface area contributed by atoms with Crippen LogP contribution >= 0.6 is 0 Å². The molecule has 4 fully saturated rings. The Labute approximate surface area is 216 Å². The Kier molecular flexibility index (Phi) is 7.11. The lowest BCUT2D eigenvalue weighted by molar-refractivity contribution is -0.153. The van der Waals surface area contributed by atoms with Crippen molar-refractivity contribution in [2.75, 3.05) is 24.5 Å². The highest BCUT2D eigenvalue weighted by atomic mass is 16.4. The fourth-order valence-corrected chi connectivity index (χ4v) is 6.99. The van der Waals surface area contributed by atoms with Gasteiger partial charge in [0.1, 0.15) is 5.54 Å². The van der Waals surface area contributed by atoms with E-state index in [1.54, 1.807) is 0 Å². The van der Waals surface area contributed by atoms with Gasteiger partial charge in [-0.1, -0.05) is 31.4 Å². The maximum Gasteiger partial charge on any atom is 0.324 e. The van der Waals surface area contributed by atoms with Crippen LogP contribution in [0.2, 0.25) is 0 Å². The van der Waals surface area contributed by atoms with Crippen LogP contribution in [0.15, 0.2) is 24.3 Å². The Balaban J connectivity index is 1.48. The number of amides is 4. The van der Waals surface area contributed by atoms with E-state index in [9.17, 15) is 24.3 Å². The standard InChI is InChI=1S/C27H37N5O5/c28-26(37)29-14-6-13-27(25(35)36)21-20(23(33)32(24(21)34)19-7-2-1-3-8-19)22(30-27)17-9-11-18(12-10-17)31-15-4-5-16-31/h9-12,19-22,30H,1-8,13-16H2,(H,35,36)(H3,28,29,37). The van der Waals surface area contributed by atoms with Crippen molar-refractivity contribution in [1.82, 2.24) is 15.5 Å². The number of fused-ring (bicyclic) bond motifs is 1. The molecule has 0 radical (unpaired) electrons. The quantitative estimate of drug-likeness (QED) is 0.309. The van der Waals surface area contributed by atoms with Crippen LogP contribution in [0.4, 0.5) is 10.5 Å². The van der Waals surface area contributed by atoms with Gasteiger partial charge in [-0.15, -0.1) is 0 Å². The normalized spacial score (nSPS) is 30.1. The van der Waals surface area contributed by atoms with Crippen LogP contribution in [0.25, 0.3) is 0 Å². The van der Waals surface area contributed by atoms with Gasteiger partial charge in [0, 0.05) is 37.4 Å². The second kappa shape index (κ2) is 10.3. The molecule has 1 aromatic rings. The second-order valence-corrected chi connectivity index (χ2v) is 10.9. The van der Waals surface area contributed by atoms with E-state index < -0.39 is 35.4 Å². The minimum atomic E-state index is -1.61. The first-order valence-corrected chi connectivity index (χ1v) is 13.6. The first kappa shape index (κ1) is 25.5. The zero-order chi connectivity index (χ0) is 26.2. The van der Waals surface area contributed by atoms with Crippen LogP contribution in [0.1, 0.15) is 69.4 Å². The van der Waals surface area contributed by atoms with Crippen molar-refractivity contribution in [2.45, 2.75) is 75.4 Å². The summed E-state index contributed by atoms with van der Waals surface area (Å²) < 4.78 is 0. The summed E-state index contributed by atoms with van der Waals surface area (Å²) in [6, 6.07) is 6.51. The molecule has 0 aromatic heterocycles. The Morgan fingerprint density at radius 3 is 2.32 bits per heavy atom. The Hall–Kier alpha value is -3.14. The average Bonchev–Trinajstić information content (AvgIpc) is 3.60. The lowest BCUT2D eigenvalue weighted by atomic mass is 9.77. The van der Waals surface area contributed by atoms with Crippen molar-refractivity contribution in [3.05, 3.63) is 29.8 Å². The molecule has 3 aliphatic heterocycles. The third-order valence-electron chi connectivity index (χ3n) is 8.78. The number of likely N-dealkylation sites (tertiary alicyclic amines) is 1. The molecule has 3 saturated heterocycles. The van der Waals surface area contributed by atoms with Crippen molar-refractivity contribution >= 4 is 29.5 Å². The maximum absolute atomic E-state index is 13.9. The van der Waals surface area contributed by atoms with Gasteiger partial charge in [0.15, 0.2) is 0 Å². The molecule has 37 heavy (non-hydrogen) atoms. The van der Waals surface area contributed by atoms with Gasteiger partial charge in [0.25, 0.3) is 0 Å². The molecule has 4 atom stereocenters. The van der Waals surface area contributed by atoms with E-state index in [2.05, 4.69) is 15.5 Å². The lowest BCUT2D eigenvalue weighted by Crippen LogP contribution is -2.56. The van der Waals surface area contributed by atoms with Gasteiger partial charge in [0.05, 0.1) is 11.8 Å². The number of anilines is 1. The van der Waals surface area contributed by atoms with E-state index in [0.29, 0.717) is 6.42 Å². The fourth-order valence-electron chi connectivity index (χ4n) is 6.99. The van der Waals surface area contributed by atoms with Crippen molar-refractivity contribution in [3.63, 3.8) is 0 Å². The Morgan fingerprint density at radius 2 is 1.70 bits per heavy atom. The molecule has 4 amide bonds. The summed E-state index contributed by atoms with van der Waals surface area (Å²) in [6.07, 6.45) is 7.24. The minimum absolute atomic E-state index is 0.0870. The van der Waals surface area contributed by atoms with E-state index in [-0.39, 0.29) is 30.8 Å². The van der Waals surface area contributed by atoms with Gasteiger partial charge in [-0.25, -0.2) is 4.79 Å². The van der Waals surface area contributed by atoms with E-state index in [0.717, 1.165) is 69.3 Å². The highest BCUT2D eigenvalue weighted by molar-refractivity contribution is 6.09. The van der Waals surface area contributed by atoms with Gasteiger partial charge in [-0.3, -0.25) is 24.6 Å². The summed E-state index contributed by atoms with van der Waals surface area (Å²) in [5.74, 6) is -3.58. The summed E-state index contributed by atoms with van der Waals surface area (Å²) in [5.41, 5.74) is 5.47. The Morgan fingerprint density at radius 1 is 1.03 bits per heavy atom. The third-order valence-corrected chi connectivity index (χ3v) is 8.78. The van der Waals surface area contributed by atoms with Crippen LogP contribution in [0.3, 0.4) is 0 Å². The first-order chi connectivity index (χ1) is 17.8. The number of aliphatic carboxylic acids is 1. The SMILES string of the molecule is NC(=O)NCCCC1(C(=O)O)NC(c2ccc(N3CCCC3)cc2)C2C(=O)N(C3CCCCC3)C(=O)C21. The van der Waals surface area contributed by atoms with E-state index >= 15 is 0 Å². The predicted molar refractivity (Wildman–Crippen MR) is 137 cm³/mol. The lowest BCUT2D eigenvalue weighted by Gasteiger charge is -2.34. The van der Waals surface area contributed by atoms with Crippen LogP contribution in [-0.2, 0) is 14.4 Å². The predicted octanol–water partition coefficient (Wildman–Crippen LogP) is 2.14. The average molecular weight is 512 g/mol. The number of carbonyl (C=O) groups excluding carboxylic acids is 3. The van der Waals surface area contributed by atoms with Crippen LogP contribution in [0, 0.1) is 11.8 Å². The molecule has 0 spiro atoms. The van der Waals surface area contributed by atoms with Gasteiger partial charge in [0.2, 0.25) is 11.8 Å². The summed E-state index contributed by atoms with van der Waals surface area (Å²) in [7, 11) is 0. The number of primary amides is 1. The summed E-state index contributed by atoms with van der Waals surface area (Å²) in [4.78, 5) is 55.5. The molecule has 1 saturated carbocycles. The molecule has 200 valence electrons. The number of hydrogen-bond donors (Lipinski definition) is 4. The summed E-state index contributed by atoms with van der Waals surface area (Å²) >= 11 is 0. The molecule has 4 aliphatic rings. The van der Waals surface area contributed by atoms with Crippen molar-refractivity contribution in [2.24, 2.45) is 17.6 Å². The number of nitrogens with zero attached hydrogens (tertiary/aromatic N) is 2. The molecule has 10 heteroatoms. The molecule has 5 N–H and O–H groups in total. The number of carbonyl (C=O) groups is 4. The second-order valence-electron chi connectivity index (χ2n) is 10.9. The van der Waals surface area contributed by atoms with Gasteiger partial charge in [-0.05, 0) is 56.2 Å². The van der Waals surface area contributed by atoms with Crippen molar-refractivity contribution in [1.29, 1.82) is 0 Å². The van der Waals surface area contributed by atoms with E-state index in [4.69, 9.17) is 5.73 Å². The van der Waals surface area contributed by atoms with E-state index in [1.807, 2.05) is 24.3 Å². The number of hydrogen-bond acceptors (Lipinski definition) is 6. The third kappa shape index (κ3) is 4.56. The zero-order valence-corrected chi connectivity index (χ0v) is 21.2. The van der Waals surface area contributed by atoms with Crippen LogP contribution in [0.5, 0.6) is 0 Å². The van der Waals surface area contributed by atoms with Gasteiger partial charge >= 0.3 is 12.0 Å². The first-order valence-electron chi connectivity index (χ1n) is 13.6. The number of imide groups is 1. The molecule has 1 aliphatic carbocycles. The molecule has 10 nitrogen and oxygen atoms in total. The zero-order valence-electron chi connectivity index (χ0n) is 21.2. The topological polar surface area (TPSA) is 145 Å². The molecule has 4 unspecified atom stereocenters. The minimum Gasteiger partial charge on any atom is -0.480 e. The number of carboxylic acids is 1. The van der Waals surface area contributed by atoms with E-state index in [1.165, 1.54) is 4.90 Å². The number of nitrogens with two attached hydrogens (primary N) is 1. The van der Waals surface area contributed by atoms with Crippen molar-refractivity contribution in [3.8, 4) is 0 Å². The molecular weight excluding hydrogens is 474 g/mol. The molecule has 3 heterocycles.